The number of hydrogen-bond acceptors (Lipinski definition) is 3. The molecule has 4 heteroatoms. The Bertz CT molecular complexity index is 481. The Morgan fingerprint density at radius 3 is 2.68 bits per heavy atom. The first kappa shape index (κ1) is 12.5. The molecule has 0 aromatic heterocycles. The van der Waals surface area contributed by atoms with Crippen molar-refractivity contribution in [3.63, 3.8) is 0 Å². The van der Waals surface area contributed by atoms with Crippen LogP contribution < -0.4 is 4.90 Å². The Morgan fingerprint density at radius 1 is 1.21 bits per heavy atom. The van der Waals surface area contributed by atoms with E-state index in [9.17, 15) is 10.1 Å². The van der Waals surface area contributed by atoms with E-state index in [0.29, 0.717) is 6.54 Å². The second-order valence-corrected chi connectivity index (χ2v) is 5.84. The molecular weight excluding hydrogens is 240 g/mol. The van der Waals surface area contributed by atoms with Crippen LogP contribution in [-0.2, 0) is 5.41 Å². The van der Waals surface area contributed by atoms with Gasteiger partial charge in [0.2, 0.25) is 6.54 Å². The third kappa shape index (κ3) is 2.20. The monoisotopic (exact) mass is 260 g/mol. The van der Waals surface area contributed by atoms with Crippen molar-refractivity contribution in [2.45, 2.75) is 37.5 Å². The summed E-state index contributed by atoms with van der Waals surface area (Å²) in [6, 6.07) is 8.50. The molecule has 1 aromatic rings. The highest BCUT2D eigenvalue weighted by molar-refractivity contribution is 5.62. The molecule has 4 nitrogen and oxygen atoms in total. The number of rotatable bonds is 3. The number of fused-ring (bicyclic) bond motifs is 2. The van der Waals surface area contributed by atoms with E-state index in [4.69, 9.17) is 0 Å². The topological polar surface area (TPSA) is 46.4 Å². The number of benzene rings is 1. The van der Waals surface area contributed by atoms with Crippen LogP contribution in [-0.4, -0.2) is 24.6 Å². The van der Waals surface area contributed by atoms with Crippen molar-refractivity contribution >= 4 is 5.69 Å². The zero-order chi connectivity index (χ0) is 13.3. The van der Waals surface area contributed by atoms with E-state index in [0.717, 1.165) is 6.54 Å². The summed E-state index contributed by atoms with van der Waals surface area (Å²) in [7, 11) is 0. The van der Waals surface area contributed by atoms with Crippen LogP contribution in [0.5, 0.6) is 0 Å². The Hall–Kier alpha value is -1.58. The smallest absolute Gasteiger partial charge is 0.221 e. The van der Waals surface area contributed by atoms with Gasteiger partial charge in [0.15, 0.2) is 0 Å². The van der Waals surface area contributed by atoms with Crippen LogP contribution in [0.2, 0.25) is 0 Å². The largest absolute Gasteiger partial charge is 0.364 e. The van der Waals surface area contributed by atoms with Gasteiger partial charge in [0, 0.05) is 22.6 Å². The fraction of sp³-hybridized carbons (Fsp3) is 0.600. The van der Waals surface area contributed by atoms with E-state index in [-0.39, 0.29) is 16.9 Å². The Balaban J connectivity index is 1.88. The predicted octanol–water partition coefficient (Wildman–Crippen LogP) is 2.99. The van der Waals surface area contributed by atoms with Crippen molar-refractivity contribution in [2.24, 2.45) is 0 Å². The third-order valence-electron chi connectivity index (χ3n) is 4.67. The highest BCUT2D eigenvalue weighted by Crippen LogP contribution is 2.48. The molecule has 1 aliphatic carbocycles. The van der Waals surface area contributed by atoms with E-state index in [1.807, 2.05) is 6.07 Å². The second-order valence-electron chi connectivity index (χ2n) is 5.84. The van der Waals surface area contributed by atoms with E-state index in [1.165, 1.54) is 43.4 Å². The average Bonchev–Trinajstić information content (AvgIpc) is 2.72. The minimum atomic E-state index is -0.214. The molecular formula is C15H20N2O2. The average molecular weight is 260 g/mol. The van der Waals surface area contributed by atoms with Crippen molar-refractivity contribution in [1.29, 1.82) is 0 Å². The van der Waals surface area contributed by atoms with Crippen molar-refractivity contribution in [2.75, 3.05) is 24.5 Å². The Morgan fingerprint density at radius 2 is 1.95 bits per heavy atom. The molecule has 0 amide bonds. The van der Waals surface area contributed by atoms with Crippen LogP contribution in [0.1, 0.15) is 37.7 Å². The standard InChI is InChI=1S/C15H20N2O2/c18-17(19)11-10-16-12-15(8-4-1-5-9-15)13-6-2-3-7-14(13)16/h2-3,6-7H,1,4-5,8-12H2. The molecule has 1 spiro atoms. The zero-order valence-electron chi connectivity index (χ0n) is 11.2. The molecule has 0 atom stereocenters. The molecule has 1 aliphatic heterocycles. The highest BCUT2D eigenvalue weighted by atomic mass is 16.6. The van der Waals surface area contributed by atoms with Gasteiger partial charge in [-0.1, -0.05) is 37.5 Å². The predicted molar refractivity (Wildman–Crippen MR) is 75.3 cm³/mol. The molecule has 0 saturated heterocycles. The van der Waals surface area contributed by atoms with Crippen LogP contribution in [0.15, 0.2) is 24.3 Å². The van der Waals surface area contributed by atoms with Gasteiger partial charge in [-0.05, 0) is 24.5 Å². The summed E-state index contributed by atoms with van der Waals surface area (Å²) in [5.74, 6) is 0. The summed E-state index contributed by atoms with van der Waals surface area (Å²) in [5, 5.41) is 10.6. The summed E-state index contributed by atoms with van der Waals surface area (Å²) < 4.78 is 0. The van der Waals surface area contributed by atoms with Crippen molar-refractivity contribution in [3.05, 3.63) is 39.9 Å². The molecule has 0 unspecified atom stereocenters. The maximum atomic E-state index is 10.6. The van der Waals surface area contributed by atoms with Gasteiger partial charge in [0.1, 0.15) is 0 Å². The molecule has 1 fully saturated rings. The molecule has 0 N–H and O–H groups in total. The summed E-state index contributed by atoms with van der Waals surface area (Å²) in [6.45, 7) is 1.54. The first-order chi connectivity index (χ1) is 9.21. The molecule has 2 aliphatic rings. The molecule has 3 rings (SSSR count). The van der Waals surface area contributed by atoms with Crippen LogP contribution in [0.25, 0.3) is 0 Å². The summed E-state index contributed by atoms with van der Waals surface area (Å²) in [6.07, 6.45) is 6.38. The number of para-hydroxylation sites is 1. The first-order valence-electron chi connectivity index (χ1n) is 7.18. The fourth-order valence-corrected chi connectivity index (χ4v) is 3.79. The van der Waals surface area contributed by atoms with Crippen LogP contribution >= 0.6 is 0 Å². The minimum absolute atomic E-state index is 0.0322. The molecule has 0 bridgehead atoms. The summed E-state index contributed by atoms with van der Waals surface area (Å²) >= 11 is 0. The van der Waals surface area contributed by atoms with Gasteiger partial charge in [0.05, 0.1) is 6.54 Å². The minimum Gasteiger partial charge on any atom is -0.364 e. The van der Waals surface area contributed by atoms with Gasteiger partial charge in [-0.25, -0.2) is 0 Å². The van der Waals surface area contributed by atoms with Crippen LogP contribution in [0.4, 0.5) is 5.69 Å². The quantitative estimate of drug-likeness (QED) is 0.620. The molecule has 1 saturated carbocycles. The Kier molecular flexibility index (Phi) is 3.17. The van der Waals surface area contributed by atoms with E-state index in [1.54, 1.807) is 0 Å². The van der Waals surface area contributed by atoms with E-state index < -0.39 is 0 Å². The summed E-state index contributed by atoms with van der Waals surface area (Å²) in [4.78, 5) is 12.6. The van der Waals surface area contributed by atoms with Gasteiger partial charge in [0.25, 0.3) is 0 Å². The number of hydrogen-bond donors (Lipinski definition) is 0. The normalized spacial score (nSPS) is 20.5. The van der Waals surface area contributed by atoms with Gasteiger partial charge >= 0.3 is 0 Å². The van der Waals surface area contributed by atoms with Crippen LogP contribution in [0, 0.1) is 10.1 Å². The van der Waals surface area contributed by atoms with E-state index >= 15 is 0 Å². The van der Waals surface area contributed by atoms with Gasteiger partial charge < -0.3 is 4.90 Å². The molecule has 1 aromatic carbocycles. The SMILES string of the molecule is O=[N+]([O-])CCN1CC2(CCCCC2)c2ccccc21. The fourth-order valence-electron chi connectivity index (χ4n) is 3.79. The molecule has 1 heterocycles. The maximum Gasteiger partial charge on any atom is 0.221 e. The van der Waals surface area contributed by atoms with Crippen molar-refractivity contribution < 1.29 is 4.92 Å². The number of nitro groups is 1. The first-order valence-corrected chi connectivity index (χ1v) is 7.18. The van der Waals surface area contributed by atoms with Gasteiger partial charge in [-0.2, -0.15) is 0 Å². The highest BCUT2D eigenvalue weighted by Gasteiger charge is 2.42. The Labute approximate surface area is 113 Å². The third-order valence-corrected chi connectivity index (χ3v) is 4.67. The van der Waals surface area contributed by atoms with Crippen molar-refractivity contribution in [3.8, 4) is 0 Å². The van der Waals surface area contributed by atoms with Crippen LogP contribution in [0.3, 0.4) is 0 Å². The number of anilines is 1. The lowest BCUT2D eigenvalue weighted by Gasteiger charge is -2.34. The van der Waals surface area contributed by atoms with Gasteiger partial charge in [-0.15, -0.1) is 0 Å². The molecule has 0 radical (unpaired) electrons. The maximum absolute atomic E-state index is 10.6. The lowest BCUT2D eigenvalue weighted by atomic mass is 9.71. The van der Waals surface area contributed by atoms with Crippen molar-refractivity contribution in [1.82, 2.24) is 0 Å². The van der Waals surface area contributed by atoms with Gasteiger partial charge in [-0.3, -0.25) is 10.1 Å². The second kappa shape index (κ2) is 4.83. The van der Waals surface area contributed by atoms with E-state index in [2.05, 4.69) is 23.1 Å². The summed E-state index contributed by atoms with van der Waals surface area (Å²) in [5.41, 5.74) is 2.93. The lowest BCUT2D eigenvalue weighted by Crippen LogP contribution is -2.37. The number of nitrogens with zero attached hydrogens (tertiary/aromatic N) is 2. The molecule has 102 valence electrons. The zero-order valence-corrected chi connectivity index (χ0v) is 11.2. The lowest BCUT2D eigenvalue weighted by molar-refractivity contribution is -0.477. The molecule has 19 heavy (non-hydrogen) atoms.